The number of hydrogen-bond acceptors (Lipinski definition) is 3. The van der Waals surface area contributed by atoms with E-state index in [0.717, 1.165) is 29.0 Å². The van der Waals surface area contributed by atoms with Gasteiger partial charge in [-0.25, -0.2) is 0 Å². The predicted octanol–water partition coefficient (Wildman–Crippen LogP) is 2.87. The Hall–Kier alpha value is -1.65. The number of aliphatic hydroxyl groups is 1. The molecule has 1 unspecified atom stereocenters. The second kappa shape index (κ2) is 5.77. The quantitative estimate of drug-likeness (QED) is 0.943. The fourth-order valence-electron chi connectivity index (χ4n) is 2.63. The summed E-state index contributed by atoms with van der Waals surface area (Å²) in [4.78, 5) is 15.3. The van der Waals surface area contributed by atoms with Crippen molar-refractivity contribution in [2.45, 2.75) is 6.42 Å². The first-order chi connectivity index (χ1) is 9.79. The number of nitrogens with zero attached hydrogens (tertiary/aromatic N) is 1. The highest BCUT2D eigenvalue weighted by atomic mass is 32.1. The van der Waals surface area contributed by atoms with Gasteiger partial charge in [0, 0.05) is 31.2 Å². The largest absolute Gasteiger partial charge is 0.396 e. The monoisotopic (exact) mass is 287 g/mol. The van der Waals surface area contributed by atoms with Crippen LogP contribution in [0, 0.1) is 5.92 Å². The highest BCUT2D eigenvalue weighted by Gasteiger charge is 2.28. The molecule has 1 saturated heterocycles. The van der Waals surface area contributed by atoms with Gasteiger partial charge in [-0.3, -0.25) is 4.79 Å². The molecule has 0 saturated carbocycles. The van der Waals surface area contributed by atoms with Crippen molar-refractivity contribution in [2.24, 2.45) is 5.92 Å². The number of carbonyl (C=O) groups is 1. The Morgan fingerprint density at radius 3 is 2.80 bits per heavy atom. The van der Waals surface area contributed by atoms with E-state index in [2.05, 4.69) is 0 Å². The maximum absolute atomic E-state index is 12.6. The first-order valence-electron chi connectivity index (χ1n) is 6.82. The third-order valence-electron chi connectivity index (χ3n) is 3.78. The Bertz CT molecular complexity index is 594. The molecule has 4 heteroatoms. The van der Waals surface area contributed by atoms with Gasteiger partial charge in [-0.1, -0.05) is 30.3 Å². The van der Waals surface area contributed by atoms with E-state index < -0.39 is 0 Å². The average molecular weight is 287 g/mol. The summed E-state index contributed by atoms with van der Waals surface area (Å²) < 4.78 is 0. The van der Waals surface area contributed by atoms with Crippen LogP contribution in [0.5, 0.6) is 0 Å². The lowest BCUT2D eigenvalue weighted by Crippen LogP contribution is -2.28. The van der Waals surface area contributed by atoms with Crippen molar-refractivity contribution in [3.63, 3.8) is 0 Å². The fraction of sp³-hybridized carbons (Fsp3) is 0.312. The standard InChI is InChI=1S/C16H17NO2S/c18-11-12-6-8-17(10-12)16(19)15-14(7-9-20-15)13-4-2-1-3-5-13/h1-5,7,9,12,18H,6,8,10-11H2. The van der Waals surface area contributed by atoms with Gasteiger partial charge in [0.25, 0.3) is 5.91 Å². The van der Waals surface area contributed by atoms with Crippen LogP contribution < -0.4 is 0 Å². The summed E-state index contributed by atoms with van der Waals surface area (Å²) in [5.74, 6) is 0.328. The van der Waals surface area contributed by atoms with Crippen molar-refractivity contribution in [2.75, 3.05) is 19.7 Å². The molecular weight excluding hydrogens is 270 g/mol. The Morgan fingerprint density at radius 1 is 1.30 bits per heavy atom. The second-order valence-corrected chi connectivity index (χ2v) is 6.03. The number of thiophene rings is 1. The van der Waals surface area contributed by atoms with E-state index in [-0.39, 0.29) is 18.4 Å². The molecule has 3 nitrogen and oxygen atoms in total. The summed E-state index contributed by atoms with van der Waals surface area (Å²) in [7, 11) is 0. The number of aliphatic hydroxyl groups excluding tert-OH is 1. The number of hydrogen-bond donors (Lipinski definition) is 1. The van der Waals surface area contributed by atoms with Crippen LogP contribution in [-0.2, 0) is 0 Å². The summed E-state index contributed by atoms with van der Waals surface area (Å²) in [6.45, 7) is 1.58. The number of amides is 1. The lowest BCUT2D eigenvalue weighted by Gasteiger charge is -2.16. The zero-order chi connectivity index (χ0) is 13.9. The SMILES string of the molecule is O=C(c1sccc1-c1ccccc1)N1CCC(CO)C1. The molecular formula is C16H17NO2S. The van der Waals surface area contributed by atoms with E-state index in [9.17, 15) is 9.90 Å². The van der Waals surface area contributed by atoms with Gasteiger partial charge in [0.2, 0.25) is 0 Å². The normalized spacial score (nSPS) is 18.4. The number of benzene rings is 1. The summed E-state index contributed by atoms with van der Waals surface area (Å²) in [6, 6.07) is 12.0. The third-order valence-corrected chi connectivity index (χ3v) is 4.68. The van der Waals surface area contributed by atoms with Gasteiger partial charge >= 0.3 is 0 Å². The fourth-order valence-corrected chi connectivity index (χ4v) is 3.51. The molecule has 1 N–H and O–H groups in total. The molecule has 1 aromatic carbocycles. The molecule has 1 aliphatic heterocycles. The molecule has 1 atom stereocenters. The molecule has 3 rings (SSSR count). The van der Waals surface area contributed by atoms with Crippen molar-refractivity contribution in [3.05, 3.63) is 46.7 Å². The van der Waals surface area contributed by atoms with Gasteiger partial charge in [-0.15, -0.1) is 11.3 Å². The van der Waals surface area contributed by atoms with Crippen molar-refractivity contribution < 1.29 is 9.90 Å². The van der Waals surface area contributed by atoms with Gasteiger partial charge in [0.1, 0.15) is 0 Å². The molecule has 1 amide bonds. The van der Waals surface area contributed by atoms with E-state index in [1.54, 1.807) is 0 Å². The van der Waals surface area contributed by atoms with E-state index in [1.807, 2.05) is 46.7 Å². The molecule has 0 radical (unpaired) electrons. The summed E-state index contributed by atoms with van der Waals surface area (Å²) in [6.07, 6.45) is 0.897. The highest BCUT2D eigenvalue weighted by Crippen LogP contribution is 2.30. The molecule has 104 valence electrons. The summed E-state index contributed by atoms with van der Waals surface area (Å²) in [5.41, 5.74) is 2.09. The number of rotatable bonds is 3. The minimum Gasteiger partial charge on any atom is -0.396 e. The third kappa shape index (κ3) is 2.49. The molecule has 2 heterocycles. The van der Waals surface area contributed by atoms with Crippen LogP contribution in [0.25, 0.3) is 11.1 Å². The molecule has 1 fully saturated rings. The lowest BCUT2D eigenvalue weighted by atomic mass is 10.1. The lowest BCUT2D eigenvalue weighted by molar-refractivity contribution is 0.0787. The number of carbonyl (C=O) groups excluding carboxylic acids is 1. The first-order valence-corrected chi connectivity index (χ1v) is 7.70. The van der Waals surface area contributed by atoms with Crippen molar-refractivity contribution in [1.29, 1.82) is 0 Å². The molecule has 0 spiro atoms. The van der Waals surface area contributed by atoms with Crippen molar-refractivity contribution in [1.82, 2.24) is 4.90 Å². The van der Waals surface area contributed by atoms with Crippen molar-refractivity contribution >= 4 is 17.2 Å². The summed E-state index contributed by atoms with van der Waals surface area (Å²) >= 11 is 1.49. The molecule has 0 aliphatic carbocycles. The predicted molar refractivity (Wildman–Crippen MR) is 80.9 cm³/mol. The maximum Gasteiger partial charge on any atom is 0.264 e. The van der Waals surface area contributed by atoms with E-state index in [4.69, 9.17) is 0 Å². The van der Waals surface area contributed by atoms with Crippen LogP contribution in [0.15, 0.2) is 41.8 Å². The Labute approximate surface area is 122 Å². The van der Waals surface area contributed by atoms with Crippen LogP contribution in [0.3, 0.4) is 0 Å². The van der Waals surface area contributed by atoms with Crippen LogP contribution >= 0.6 is 11.3 Å². The Balaban J connectivity index is 1.85. The minimum atomic E-state index is 0.0924. The van der Waals surface area contributed by atoms with Gasteiger partial charge in [-0.2, -0.15) is 0 Å². The van der Waals surface area contributed by atoms with E-state index >= 15 is 0 Å². The maximum atomic E-state index is 12.6. The molecule has 20 heavy (non-hydrogen) atoms. The zero-order valence-electron chi connectivity index (χ0n) is 11.2. The minimum absolute atomic E-state index is 0.0924. The van der Waals surface area contributed by atoms with Crippen LogP contribution in [0.1, 0.15) is 16.1 Å². The van der Waals surface area contributed by atoms with Crippen LogP contribution in [0.2, 0.25) is 0 Å². The van der Waals surface area contributed by atoms with Gasteiger partial charge in [-0.05, 0) is 23.4 Å². The number of likely N-dealkylation sites (tertiary alicyclic amines) is 1. The van der Waals surface area contributed by atoms with E-state index in [1.165, 1.54) is 11.3 Å². The van der Waals surface area contributed by atoms with Gasteiger partial charge in [0.05, 0.1) is 4.88 Å². The van der Waals surface area contributed by atoms with Crippen LogP contribution in [-0.4, -0.2) is 35.6 Å². The highest BCUT2D eigenvalue weighted by molar-refractivity contribution is 7.12. The van der Waals surface area contributed by atoms with Crippen LogP contribution in [0.4, 0.5) is 0 Å². The molecule has 1 aromatic heterocycles. The molecule has 0 bridgehead atoms. The van der Waals surface area contributed by atoms with Gasteiger partial charge in [0.15, 0.2) is 0 Å². The second-order valence-electron chi connectivity index (χ2n) is 5.12. The Morgan fingerprint density at radius 2 is 2.10 bits per heavy atom. The van der Waals surface area contributed by atoms with Gasteiger partial charge < -0.3 is 10.0 Å². The average Bonchev–Trinajstić information content (AvgIpc) is 3.16. The topological polar surface area (TPSA) is 40.5 Å². The van der Waals surface area contributed by atoms with Crippen molar-refractivity contribution in [3.8, 4) is 11.1 Å². The zero-order valence-corrected chi connectivity index (χ0v) is 12.0. The molecule has 2 aromatic rings. The summed E-state index contributed by atoms with van der Waals surface area (Å²) in [5, 5.41) is 11.2. The molecule has 1 aliphatic rings. The Kier molecular flexibility index (Phi) is 3.85. The van der Waals surface area contributed by atoms with E-state index in [0.29, 0.717) is 6.54 Å². The first kappa shape index (κ1) is 13.3. The smallest absolute Gasteiger partial charge is 0.264 e.